The van der Waals surface area contributed by atoms with E-state index in [2.05, 4.69) is 0 Å². The number of nitrogens with zero attached hydrogens (tertiary/aromatic N) is 2. The van der Waals surface area contributed by atoms with Gasteiger partial charge in [-0.15, -0.1) is 0 Å². The fourth-order valence-electron chi connectivity index (χ4n) is 4.50. The highest BCUT2D eigenvalue weighted by atomic mass is 16.3. The molecule has 1 amide bonds. The van der Waals surface area contributed by atoms with E-state index >= 15 is 0 Å². The number of aromatic hydroxyl groups is 1. The van der Waals surface area contributed by atoms with Gasteiger partial charge in [-0.2, -0.15) is 0 Å². The van der Waals surface area contributed by atoms with Crippen LogP contribution < -0.4 is 0 Å². The molecule has 152 valence electrons. The number of aromatic nitrogens is 1. The number of aliphatic hydroxyl groups excluding tert-OH is 1. The Morgan fingerprint density at radius 2 is 1.83 bits per heavy atom. The fourth-order valence-corrected chi connectivity index (χ4v) is 4.50. The number of piperidine rings is 1. The minimum absolute atomic E-state index is 0.00898. The van der Waals surface area contributed by atoms with Crippen molar-refractivity contribution in [1.82, 2.24) is 9.47 Å². The summed E-state index contributed by atoms with van der Waals surface area (Å²) in [6, 6.07) is 15.2. The maximum absolute atomic E-state index is 13.3. The largest absolute Gasteiger partial charge is 0.508 e. The van der Waals surface area contributed by atoms with Crippen molar-refractivity contribution in [2.45, 2.75) is 32.3 Å². The zero-order valence-corrected chi connectivity index (χ0v) is 17.0. The lowest BCUT2D eigenvalue weighted by Crippen LogP contribution is -2.41. The SMILES string of the molecule is Cc1c(C(=O)N2CCC([C@@H](O)Cc3ccccc3)CC2)c2cc(O)ccc2n1C. The molecule has 5 nitrogen and oxygen atoms in total. The number of phenols is 1. The maximum atomic E-state index is 13.3. The first-order chi connectivity index (χ1) is 14.0. The van der Waals surface area contributed by atoms with Crippen LogP contribution in [0, 0.1) is 12.8 Å². The Morgan fingerprint density at radius 1 is 1.14 bits per heavy atom. The number of hydrogen-bond acceptors (Lipinski definition) is 3. The van der Waals surface area contributed by atoms with Crippen LogP contribution in [0.25, 0.3) is 10.9 Å². The van der Waals surface area contributed by atoms with Crippen molar-refractivity contribution < 1.29 is 15.0 Å². The van der Waals surface area contributed by atoms with E-state index in [4.69, 9.17) is 0 Å². The molecule has 0 saturated carbocycles. The van der Waals surface area contributed by atoms with Crippen molar-refractivity contribution in [3.05, 3.63) is 65.4 Å². The van der Waals surface area contributed by atoms with Crippen LogP contribution in [0.1, 0.15) is 34.5 Å². The van der Waals surface area contributed by atoms with Gasteiger partial charge in [-0.25, -0.2) is 0 Å². The smallest absolute Gasteiger partial charge is 0.256 e. The maximum Gasteiger partial charge on any atom is 0.256 e. The average Bonchev–Trinajstić information content (AvgIpc) is 2.98. The summed E-state index contributed by atoms with van der Waals surface area (Å²) in [5, 5.41) is 21.3. The third-order valence-corrected chi connectivity index (χ3v) is 6.35. The zero-order valence-electron chi connectivity index (χ0n) is 17.0. The number of aryl methyl sites for hydroxylation is 1. The molecule has 4 rings (SSSR count). The Balaban J connectivity index is 1.46. The molecule has 1 saturated heterocycles. The van der Waals surface area contributed by atoms with Gasteiger partial charge in [0.15, 0.2) is 0 Å². The van der Waals surface area contributed by atoms with Gasteiger partial charge in [0.05, 0.1) is 11.7 Å². The van der Waals surface area contributed by atoms with Gasteiger partial charge in [0.2, 0.25) is 0 Å². The normalized spacial score (nSPS) is 16.3. The van der Waals surface area contributed by atoms with Crippen molar-refractivity contribution in [3.8, 4) is 5.75 Å². The molecule has 1 fully saturated rings. The Kier molecular flexibility index (Phi) is 5.33. The van der Waals surface area contributed by atoms with E-state index in [1.165, 1.54) is 0 Å². The quantitative estimate of drug-likeness (QED) is 0.712. The first kappa shape index (κ1) is 19.5. The molecule has 0 spiro atoms. The molecule has 0 unspecified atom stereocenters. The van der Waals surface area contributed by atoms with Gasteiger partial charge >= 0.3 is 0 Å². The highest BCUT2D eigenvalue weighted by Gasteiger charge is 2.30. The number of hydrogen-bond donors (Lipinski definition) is 2. The molecule has 29 heavy (non-hydrogen) atoms. The minimum atomic E-state index is -0.383. The van der Waals surface area contributed by atoms with Crippen LogP contribution in [-0.2, 0) is 13.5 Å². The van der Waals surface area contributed by atoms with Gasteiger partial charge in [0.1, 0.15) is 5.75 Å². The monoisotopic (exact) mass is 392 g/mol. The Labute approximate surface area is 171 Å². The number of phenolic OH excluding ortho intramolecular Hbond substituents is 1. The molecule has 2 aromatic carbocycles. The number of carbonyl (C=O) groups is 1. The molecule has 1 aromatic heterocycles. The summed E-state index contributed by atoms with van der Waals surface area (Å²) in [5.41, 5.74) is 3.66. The van der Waals surface area contributed by atoms with Gasteiger partial charge in [-0.3, -0.25) is 4.79 Å². The summed E-state index contributed by atoms with van der Waals surface area (Å²) >= 11 is 0. The van der Waals surface area contributed by atoms with Gasteiger partial charge < -0.3 is 19.7 Å². The minimum Gasteiger partial charge on any atom is -0.508 e. The lowest BCUT2D eigenvalue weighted by molar-refractivity contribution is 0.0468. The van der Waals surface area contributed by atoms with Gasteiger partial charge in [-0.1, -0.05) is 30.3 Å². The Bertz CT molecular complexity index is 1020. The fraction of sp³-hybridized carbons (Fsp3) is 0.375. The topological polar surface area (TPSA) is 65.7 Å². The van der Waals surface area contributed by atoms with Gasteiger partial charge in [-0.05, 0) is 55.9 Å². The van der Waals surface area contributed by atoms with E-state index in [9.17, 15) is 15.0 Å². The number of rotatable bonds is 4. The molecule has 0 bridgehead atoms. The summed E-state index contributed by atoms with van der Waals surface area (Å²) in [6.07, 6.45) is 1.87. The molecular weight excluding hydrogens is 364 g/mol. The van der Waals surface area contributed by atoms with E-state index in [-0.39, 0.29) is 23.7 Å². The van der Waals surface area contributed by atoms with Crippen LogP contribution in [0.4, 0.5) is 0 Å². The second-order valence-electron chi connectivity index (χ2n) is 8.11. The molecule has 1 aliphatic heterocycles. The van der Waals surface area contributed by atoms with Crippen LogP contribution in [0.2, 0.25) is 0 Å². The summed E-state index contributed by atoms with van der Waals surface area (Å²) in [4.78, 5) is 15.2. The van der Waals surface area contributed by atoms with E-state index in [1.54, 1.807) is 12.1 Å². The average molecular weight is 392 g/mol. The first-order valence-electron chi connectivity index (χ1n) is 10.2. The van der Waals surface area contributed by atoms with Crippen molar-refractivity contribution in [3.63, 3.8) is 0 Å². The van der Waals surface area contributed by atoms with Crippen molar-refractivity contribution in [2.24, 2.45) is 13.0 Å². The molecule has 2 N–H and O–H groups in total. The van der Waals surface area contributed by atoms with Gasteiger partial charge in [0.25, 0.3) is 5.91 Å². The predicted octanol–water partition coefficient (Wildman–Crippen LogP) is 3.65. The molecule has 0 aliphatic carbocycles. The Morgan fingerprint density at radius 3 is 2.52 bits per heavy atom. The number of benzene rings is 2. The molecule has 0 radical (unpaired) electrons. The molecule has 5 heteroatoms. The second-order valence-corrected chi connectivity index (χ2v) is 8.11. The molecular formula is C24H28N2O3. The van der Waals surface area contributed by atoms with Crippen LogP contribution in [0.5, 0.6) is 5.75 Å². The van der Waals surface area contributed by atoms with Crippen LogP contribution >= 0.6 is 0 Å². The second kappa shape index (κ2) is 7.91. The Hall–Kier alpha value is -2.79. The summed E-state index contributed by atoms with van der Waals surface area (Å²) in [5.74, 6) is 0.381. The third-order valence-electron chi connectivity index (χ3n) is 6.35. The molecule has 1 aliphatic rings. The lowest BCUT2D eigenvalue weighted by Gasteiger charge is -2.34. The number of fused-ring (bicyclic) bond motifs is 1. The van der Waals surface area contributed by atoms with E-state index < -0.39 is 0 Å². The molecule has 1 atom stereocenters. The number of carbonyl (C=O) groups excluding carboxylic acids is 1. The molecule has 2 heterocycles. The standard InChI is InChI=1S/C24H28N2O3/c1-16-23(20-15-19(27)8-9-21(20)25(16)2)24(29)26-12-10-18(11-13-26)22(28)14-17-6-4-3-5-7-17/h3-9,15,18,22,27-28H,10-14H2,1-2H3/t22-/m0/s1. The summed E-state index contributed by atoms with van der Waals surface area (Å²) < 4.78 is 2.00. The third kappa shape index (κ3) is 3.75. The highest BCUT2D eigenvalue weighted by molar-refractivity contribution is 6.08. The number of amides is 1. The number of aliphatic hydroxyl groups is 1. The highest BCUT2D eigenvalue weighted by Crippen LogP contribution is 2.31. The van der Waals surface area contributed by atoms with Crippen molar-refractivity contribution in [2.75, 3.05) is 13.1 Å². The van der Waals surface area contributed by atoms with E-state index in [0.717, 1.165) is 35.0 Å². The van der Waals surface area contributed by atoms with E-state index in [0.29, 0.717) is 25.1 Å². The summed E-state index contributed by atoms with van der Waals surface area (Å²) in [7, 11) is 1.94. The van der Waals surface area contributed by atoms with E-state index in [1.807, 2.05) is 59.8 Å². The predicted molar refractivity (Wildman–Crippen MR) is 114 cm³/mol. The number of likely N-dealkylation sites (tertiary alicyclic amines) is 1. The van der Waals surface area contributed by atoms with Crippen LogP contribution in [0.3, 0.4) is 0 Å². The van der Waals surface area contributed by atoms with Gasteiger partial charge in [0, 0.05) is 36.7 Å². The summed E-state index contributed by atoms with van der Waals surface area (Å²) in [6.45, 7) is 3.23. The first-order valence-corrected chi connectivity index (χ1v) is 10.2. The zero-order chi connectivity index (χ0) is 20.5. The molecule has 3 aromatic rings. The van der Waals surface area contributed by atoms with Crippen LogP contribution in [0.15, 0.2) is 48.5 Å². The van der Waals surface area contributed by atoms with Crippen molar-refractivity contribution in [1.29, 1.82) is 0 Å². The lowest BCUT2D eigenvalue weighted by atomic mass is 9.87. The van der Waals surface area contributed by atoms with Crippen molar-refractivity contribution >= 4 is 16.8 Å². The van der Waals surface area contributed by atoms with Crippen LogP contribution in [-0.4, -0.2) is 44.8 Å².